The van der Waals surface area contributed by atoms with E-state index >= 15 is 0 Å². The molecule has 2 unspecified atom stereocenters. The molecule has 1 aliphatic heterocycles. The molecule has 29 heavy (non-hydrogen) atoms. The fourth-order valence-corrected chi connectivity index (χ4v) is 4.11. The summed E-state index contributed by atoms with van der Waals surface area (Å²) in [5, 5.41) is 3.93. The standard InChI is InChI=1S/C24H29ClN2O2/c1-18(13-16-28)23(26-24(29)21-5-3-2-4-6-21)17-27-14-11-20(12-15-27)19-7-9-22(25)10-8-19/h2-10,16,18,20,23H,11-15,17H2,1H3,(H,26,29). The summed E-state index contributed by atoms with van der Waals surface area (Å²) in [6.07, 6.45) is 3.56. The Balaban J connectivity index is 1.58. The third kappa shape index (κ3) is 6.15. The topological polar surface area (TPSA) is 49.4 Å². The first kappa shape index (κ1) is 21.5. The fourth-order valence-electron chi connectivity index (χ4n) is 3.99. The number of benzene rings is 2. The van der Waals surface area contributed by atoms with Crippen LogP contribution in [0.1, 0.15) is 48.0 Å². The highest BCUT2D eigenvalue weighted by molar-refractivity contribution is 6.30. The molecule has 5 heteroatoms. The summed E-state index contributed by atoms with van der Waals surface area (Å²) in [6, 6.07) is 17.4. The Kier molecular flexibility index (Phi) is 7.84. The Morgan fingerprint density at radius 1 is 1.14 bits per heavy atom. The lowest BCUT2D eigenvalue weighted by Crippen LogP contribution is -2.49. The van der Waals surface area contributed by atoms with Gasteiger partial charge in [-0.3, -0.25) is 4.79 Å². The van der Waals surface area contributed by atoms with Gasteiger partial charge in [0.2, 0.25) is 0 Å². The van der Waals surface area contributed by atoms with Crippen LogP contribution in [0, 0.1) is 5.92 Å². The number of amides is 1. The molecule has 2 aromatic carbocycles. The molecule has 2 atom stereocenters. The molecule has 1 heterocycles. The number of likely N-dealkylation sites (tertiary alicyclic amines) is 1. The van der Waals surface area contributed by atoms with Crippen LogP contribution in [-0.2, 0) is 4.79 Å². The third-order valence-corrected chi connectivity index (χ3v) is 6.14. The van der Waals surface area contributed by atoms with Crippen LogP contribution in [0.4, 0.5) is 0 Å². The number of carbonyl (C=O) groups is 2. The lowest BCUT2D eigenvalue weighted by molar-refractivity contribution is -0.108. The summed E-state index contributed by atoms with van der Waals surface area (Å²) in [7, 11) is 0. The first-order chi connectivity index (χ1) is 14.1. The molecule has 4 nitrogen and oxygen atoms in total. The van der Waals surface area contributed by atoms with E-state index in [9.17, 15) is 9.59 Å². The number of hydrogen-bond acceptors (Lipinski definition) is 3. The number of nitrogens with zero attached hydrogens (tertiary/aromatic N) is 1. The van der Waals surface area contributed by atoms with Gasteiger partial charge in [0.05, 0.1) is 0 Å². The molecule has 1 amide bonds. The van der Waals surface area contributed by atoms with Crippen molar-refractivity contribution in [3.63, 3.8) is 0 Å². The van der Waals surface area contributed by atoms with Gasteiger partial charge in [0.15, 0.2) is 0 Å². The van der Waals surface area contributed by atoms with Crippen molar-refractivity contribution in [1.82, 2.24) is 10.2 Å². The van der Waals surface area contributed by atoms with Crippen molar-refractivity contribution in [1.29, 1.82) is 0 Å². The zero-order valence-corrected chi connectivity index (χ0v) is 17.6. The summed E-state index contributed by atoms with van der Waals surface area (Å²) >= 11 is 6.00. The third-order valence-electron chi connectivity index (χ3n) is 5.89. The van der Waals surface area contributed by atoms with Crippen molar-refractivity contribution in [3.05, 3.63) is 70.7 Å². The molecule has 0 aromatic heterocycles. The molecular weight excluding hydrogens is 384 g/mol. The van der Waals surface area contributed by atoms with Gasteiger partial charge in [-0.25, -0.2) is 0 Å². The summed E-state index contributed by atoms with van der Waals surface area (Å²) in [6.45, 7) is 4.77. The van der Waals surface area contributed by atoms with Gasteiger partial charge < -0.3 is 15.0 Å². The predicted molar refractivity (Wildman–Crippen MR) is 117 cm³/mol. The molecule has 1 N–H and O–H groups in total. The molecule has 3 rings (SSSR count). The number of piperidine rings is 1. The monoisotopic (exact) mass is 412 g/mol. The molecule has 1 aliphatic rings. The summed E-state index contributed by atoms with van der Waals surface area (Å²) in [5.41, 5.74) is 1.99. The van der Waals surface area contributed by atoms with Crippen LogP contribution < -0.4 is 5.32 Å². The number of nitrogens with one attached hydrogen (secondary N) is 1. The maximum atomic E-state index is 12.6. The minimum Gasteiger partial charge on any atom is -0.348 e. The molecule has 2 aromatic rings. The second-order valence-electron chi connectivity index (χ2n) is 7.95. The lowest BCUT2D eigenvalue weighted by Gasteiger charge is -2.36. The molecule has 154 valence electrons. The Morgan fingerprint density at radius 2 is 1.79 bits per heavy atom. The van der Waals surface area contributed by atoms with E-state index < -0.39 is 0 Å². The zero-order valence-electron chi connectivity index (χ0n) is 16.9. The second kappa shape index (κ2) is 10.6. The van der Waals surface area contributed by atoms with Gasteiger partial charge in [0, 0.05) is 29.6 Å². The van der Waals surface area contributed by atoms with Gasteiger partial charge in [-0.1, -0.05) is 48.9 Å². The van der Waals surface area contributed by atoms with E-state index in [1.54, 1.807) is 0 Å². The number of halogens is 1. The molecule has 0 bridgehead atoms. The first-order valence-corrected chi connectivity index (χ1v) is 10.7. The Labute approximate surface area is 178 Å². The molecule has 0 radical (unpaired) electrons. The number of carbonyl (C=O) groups excluding carboxylic acids is 2. The second-order valence-corrected chi connectivity index (χ2v) is 8.39. The van der Waals surface area contributed by atoms with E-state index in [2.05, 4.69) is 22.3 Å². The van der Waals surface area contributed by atoms with E-state index in [1.807, 2.05) is 49.4 Å². The normalized spacial score (nSPS) is 17.4. The average molecular weight is 413 g/mol. The van der Waals surface area contributed by atoms with Gasteiger partial charge in [0.25, 0.3) is 5.91 Å². The minimum absolute atomic E-state index is 0.0556. The zero-order chi connectivity index (χ0) is 20.6. The number of aldehydes is 1. The van der Waals surface area contributed by atoms with Crippen LogP contribution >= 0.6 is 11.6 Å². The Morgan fingerprint density at radius 3 is 2.41 bits per heavy atom. The van der Waals surface area contributed by atoms with Gasteiger partial charge in [-0.05, 0) is 67.6 Å². The maximum Gasteiger partial charge on any atom is 0.251 e. The highest BCUT2D eigenvalue weighted by atomic mass is 35.5. The van der Waals surface area contributed by atoms with Crippen LogP contribution in [0.25, 0.3) is 0 Å². The molecule has 0 spiro atoms. The number of rotatable bonds is 8. The lowest BCUT2D eigenvalue weighted by atomic mass is 9.89. The van der Waals surface area contributed by atoms with Crippen molar-refractivity contribution >= 4 is 23.8 Å². The highest BCUT2D eigenvalue weighted by Crippen LogP contribution is 2.29. The van der Waals surface area contributed by atoms with E-state index in [4.69, 9.17) is 11.6 Å². The van der Waals surface area contributed by atoms with Crippen LogP contribution in [0.2, 0.25) is 5.02 Å². The largest absolute Gasteiger partial charge is 0.348 e. The molecular formula is C24H29ClN2O2. The first-order valence-electron chi connectivity index (χ1n) is 10.3. The van der Waals surface area contributed by atoms with E-state index in [0.29, 0.717) is 17.9 Å². The molecule has 1 fully saturated rings. The predicted octanol–water partition coefficient (Wildman–Crippen LogP) is 4.54. The van der Waals surface area contributed by atoms with Crippen molar-refractivity contribution in [2.24, 2.45) is 5.92 Å². The quantitative estimate of drug-likeness (QED) is 0.647. The summed E-state index contributed by atoms with van der Waals surface area (Å²) in [4.78, 5) is 26.1. The Bertz CT molecular complexity index is 786. The molecule has 0 saturated carbocycles. The average Bonchev–Trinajstić information content (AvgIpc) is 2.75. The van der Waals surface area contributed by atoms with E-state index in [-0.39, 0.29) is 17.9 Å². The van der Waals surface area contributed by atoms with Crippen LogP contribution in [0.3, 0.4) is 0 Å². The van der Waals surface area contributed by atoms with Crippen LogP contribution in [0.5, 0.6) is 0 Å². The molecule has 0 aliphatic carbocycles. The summed E-state index contributed by atoms with van der Waals surface area (Å²) < 4.78 is 0. The van der Waals surface area contributed by atoms with Crippen molar-refractivity contribution in [2.45, 2.75) is 38.1 Å². The van der Waals surface area contributed by atoms with Gasteiger partial charge in [0.1, 0.15) is 6.29 Å². The van der Waals surface area contributed by atoms with Crippen LogP contribution in [-0.4, -0.2) is 42.8 Å². The highest BCUT2D eigenvalue weighted by Gasteiger charge is 2.26. The van der Waals surface area contributed by atoms with Crippen molar-refractivity contribution in [3.8, 4) is 0 Å². The van der Waals surface area contributed by atoms with Crippen LogP contribution in [0.15, 0.2) is 54.6 Å². The van der Waals surface area contributed by atoms with E-state index in [0.717, 1.165) is 43.8 Å². The van der Waals surface area contributed by atoms with Gasteiger partial charge in [-0.2, -0.15) is 0 Å². The van der Waals surface area contributed by atoms with Crippen molar-refractivity contribution in [2.75, 3.05) is 19.6 Å². The van der Waals surface area contributed by atoms with E-state index in [1.165, 1.54) is 5.56 Å². The maximum absolute atomic E-state index is 12.6. The van der Waals surface area contributed by atoms with Crippen molar-refractivity contribution < 1.29 is 9.59 Å². The fraction of sp³-hybridized carbons (Fsp3) is 0.417. The molecule has 1 saturated heterocycles. The van der Waals surface area contributed by atoms with Gasteiger partial charge >= 0.3 is 0 Å². The minimum atomic E-state index is -0.0793. The Hall–Kier alpha value is -2.17. The number of hydrogen-bond donors (Lipinski definition) is 1. The SMILES string of the molecule is CC(CC=O)C(CN1CCC(c2ccc(Cl)cc2)CC1)NC(=O)c1ccccc1. The summed E-state index contributed by atoms with van der Waals surface area (Å²) in [5.74, 6) is 0.562. The smallest absolute Gasteiger partial charge is 0.251 e. The van der Waals surface area contributed by atoms with Gasteiger partial charge in [-0.15, -0.1) is 0 Å².